The van der Waals surface area contributed by atoms with Crippen LogP contribution in [-0.4, -0.2) is 22.1 Å². The Bertz CT molecular complexity index is 176. The lowest BCUT2D eigenvalue weighted by molar-refractivity contribution is -0.131. The van der Waals surface area contributed by atoms with Gasteiger partial charge in [-0.1, -0.05) is 0 Å². The molecule has 7 heteroatoms. The van der Waals surface area contributed by atoms with Gasteiger partial charge in [-0.2, -0.15) is 13.2 Å². The van der Waals surface area contributed by atoms with Crippen LogP contribution < -0.4 is 0 Å². The molecule has 0 N–H and O–H groups in total. The highest BCUT2D eigenvalue weighted by Gasteiger charge is 2.32. The van der Waals surface area contributed by atoms with Crippen molar-refractivity contribution in [1.82, 2.24) is 0 Å². The molecule has 3 nitrogen and oxygen atoms in total. The van der Waals surface area contributed by atoms with Crippen LogP contribution in [0.3, 0.4) is 0 Å². The van der Waals surface area contributed by atoms with Crippen LogP contribution in [-0.2, 0) is 20.1 Å². The Balaban J connectivity index is 3.80. The topological polar surface area (TPSA) is 43.4 Å². The largest absolute Gasteiger partial charge is 0.403 e. The summed E-state index contributed by atoms with van der Waals surface area (Å²) < 4.78 is 48.1. The molecule has 0 bridgehead atoms. The van der Waals surface area contributed by atoms with E-state index in [0.717, 1.165) is 6.92 Å². The van der Waals surface area contributed by atoms with E-state index < -0.39 is 29.0 Å². The zero-order chi connectivity index (χ0) is 9.07. The first-order chi connectivity index (χ1) is 4.81. The molecule has 0 aromatic rings. The summed E-state index contributed by atoms with van der Waals surface area (Å²) in [6, 6.07) is 0. The van der Waals surface area contributed by atoms with Crippen LogP contribution in [0.5, 0.6) is 0 Å². The Kier molecular flexibility index (Phi) is 3.50. The van der Waals surface area contributed by atoms with E-state index in [4.69, 9.17) is 0 Å². The summed E-state index contributed by atoms with van der Waals surface area (Å²) in [5.74, 6) is -2.61. The maximum Gasteiger partial charge on any atom is 0.403 e. The number of alkyl halides is 3. The molecule has 1 atom stereocenters. The minimum atomic E-state index is -4.57. The summed E-state index contributed by atoms with van der Waals surface area (Å²) in [5, 5.41) is 0. The molecule has 0 amide bonds. The minimum Gasteiger partial charge on any atom is -0.364 e. The Hall–Kier alpha value is -0.590. The average Bonchev–Trinajstić information content (AvgIpc) is 1.53. The molecule has 66 valence electrons. The second-order valence-electron chi connectivity index (χ2n) is 1.64. The molecule has 1 unspecified atom stereocenters. The van der Waals surface area contributed by atoms with Crippen molar-refractivity contribution in [1.29, 1.82) is 0 Å². The van der Waals surface area contributed by atoms with Gasteiger partial charge in [0.25, 0.3) is 0 Å². The Morgan fingerprint density at radius 1 is 1.55 bits per heavy atom. The van der Waals surface area contributed by atoms with Crippen LogP contribution in [0.1, 0.15) is 6.92 Å². The lowest BCUT2D eigenvalue weighted by Gasteiger charge is -2.03. The van der Waals surface area contributed by atoms with Crippen LogP contribution in [0, 0.1) is 0 Å². The maximum absolute atomic E-state index is 11.4. The zero-order valence-corrected chi connectivity index (χ0v) is 6.29. The molecule has 0 heterocycles. The molecule has 0 aromatic carbocycles. The first kappa shape index (κ1) is 10.4. The normalized spacial score (nSPS) is 14.2. The third-order valence-electron chi connectivity index (χ3n) is 0.492. The van der Waals surface area contributed by atoms with Gasteiger partial charge in [0, 0.05) is 6.92 Å². The second-order valence-corrected chi connectivity index (χ2v) is 2.70. The van der Waals surface area contributed by atoms with E-state index in [-0.39, 0.29) is 0 Å². The molecule has 0 saturated carbocycles. The fraction of sp³-hybridized carbons (Fsp3) is 0.750. The summed E-state index contributed by atoms with van der Waals surface area (Å²) in [6.45, 7) is 0.883. The first-order valence-electron chi connectivity index (χ1n) is 2.45. The lowest BCUT2D eigenvalue weighted by atomic mass is 10.8. The van der Waals surface area contributed by atoms with Gasteiger partial charge in [-0.25, -0.2) is 4.21 Å². The van der Waals surface area contributed by atoms with Crippen LogP contribution in [0.25, 0.3) is 0 Å². The monoisotopic (exact) mass is 190 g/mol. The number of carbonyl (C=O) groups is 1. The van der Waals surface area contributed by atoms with Gasteiger partial charge < -0.3 is 4.18 Å². The van der Waals surface area contributed by atoms with Crippen molar-refractivity contribution >= 4 is 17.0 Å². The van der Waals surface area contributed by atoms with Crippen LogP contribution in [0.15, 0.2) is 0 Å². The van der Waals surface area contributed by atoms with Gasteiger partial charge in [0.05, 0.1) is 0 Å². The van der Waals surface area contributed by atoms with E-state index in [0.29, 0.717) is 0 Å². The van der Waals surface area contributed by atoms with Gasteiger partial charge in [0.2, 0.25) is 11.1 Å². The molecule has 0 aromatic heterocycles. The van der Waals surface area contributed by atoms with Gasteiger partial charge in [-0.3, -0.25) is 4.79 Å². The van der Waals surface area contributed by atoms with Gasteiger partial charge in [0.15, 0.2) is 5.75 Å². The molecule has 0 saturated heterocycles. The molecular formula is C4H5F3O3S. The standard InChI is InChI=1S/C4H5F3O3S/c1-3(8)10-11(9)2-4(5,6)7/h2H2,1H3. The van der Waals surface area contributed by atoms with E-state index in [2.05, 4.69) is 4.18 Å². The van der Waals surface area contributed by atoms with E-state index in [1.165, 1.54) is 0 Å². The van der Waals surface area contributed by atoms with Crippen molar-refractivity contribution in [3.8, 4) is 0 Å². The zero-order valence-electron chi connectivity index (χ0n) is 5.47. The fourth-order valence-electron chi connectivity index (χ4n) is 0.294. The SMILES string of the molecule is CC(=O)OS(=O)CC(F)(F)F. The minimum absolute atomic E-state index is 0.883. The van der Waals surface area contributed by atoms with Gasteiger partial charge in [-0.05, 0) is 0 Å². The Morgan fingerprint density at radius 3 is 2.27 bits per heavy atom. The van der Waals surface area contributed by atoms with Crippen molar-refractivity contribution in [2.45, 2.75) is 13.1 Å². The summed E-state index contributed by atoms with van der Waals surface area (Å²) in [6.07, 6.45) is -4.57. The van der Waals surface area contributed by atoms with Crippen LogP contribution >= 0.6 is 0 Å². The number of carbonyl (C=O) groups excluding carboxylic acids is 1. The highest BCUT2D eigenvalue weighted by atomic mass is 32.2. The molecule has 0 radical (unpaired) electrons. The Labute approximate surface area is 63.2 Å². The van der Waals surface area contributed by atoms with Crippen molar-refractivity contribution in [3.63, 3.8) is 0 Å². The van der Waals surface area contributed by atoms with Crippen LogP contribution in [0.4, 0.5) is 13.2 Å². The molecule has 0 aliphatic rings. The highest BCUT2D eigenvalue weighted by molar-refractivity contribution is 7.80. The quantitative estimate of drug-likeness (QED) is 0.646. The van der Waals surface area contributed by atoms with Crippen LogP contribution in [0.2, 0.25) is 0 Å². The van der Waals surface area contributed by atoms with Crippen molar-refractivity contribution < 1.29 is 26.4 Å². The number of hydrogen-bond acceptors (Lipinski definition) is 3. The van der Waals surface area contributed by atoms with Gasteiger partial charge in [-0.15, -0.1) is 0 Å². The van der Waals surface area contributed by atoms with E-state index in [9.17, 15) is 22.2 Å². The van der Waals surface area contributed by atoms with Crippen molar-refractivity contribution in [3.05, 3.63) is 0 Å². The number of halogens is 3. The molecule has 0 rings (SSSR count). The Morgan fingerprint density at radius 2 is 2.00 bits per heavy atom. The summed E-state index contributed by atoms with van der Waals surface area (Å²) >= 11 is -2.59. The van der Waals surface area contributed by atoms with E-state index in [1.807, 2.05) is 0 Å². The molecular weight excluding hydrogens is 185 g/mol. The number of rotatable bonds is 2. The second kappa shape index (κ2) is 3.70. The lowest BCUT2D eigenvalue weighted by Crippen LogP contribution is -2.20. The molecule has 0 spiro atoms. The summed E-state index contributed by atoms with van der Waals surface area (Å²) in [5.41, 5.74) is 0. The van der Waals surface area contributed by atoms with E-state index >= 15 is 0 Å². The van der Waals surface area contributed by atoms with E-state index in [1.54, 1.807) is 0 Å². The first-order valence-corrected chi connectivity index (χ1v) is 3.69. The fourth-order valence-corrected chi connectivity index (χ4v) is 0.882. The third-order valence-corrected chi connectivity index (χ3v) is 1.48. The van der Waals surface area contributed by atoms with Crippen molar-refractivity contribution in [2.75, 3.05) is 5.75 Å². The number of hydrogen-bond donors (Lipinski definition) is 0. The highest BCUT2D eigenvalue weighted by Crippen LogP contribution is 2.15. The van der Waals surface area contributed by atoms with Crippen molar-refractivity contribution in [2.24, 2.45) is 0 Å². The predicted octanol–water partition coefficient (Wildman–Crippen LogP) is 0.775. The predicted molar refractivity (Wildman–Crippen MR) is 30.8 cm³/mol. The molecule has 11 heavy (non-hydrogen) atoms. The maximum atomic E-state index is 11.4. The summed E-state index contributed by atoms with van der Waals surface area (Å²) in [7, 11) is 0. The molecule has 0 fully saturated rings. The average molecular weight is 190 g/mol. The third kappa shape index (κ3) is 7.31. The van der Waals surface area contributed by atoms with Gasteiger partial charge in [0.1, 0.15) is 0 Å². The summed E-state index contributed by atoms with van der Waals surface area (Å²) in [4.78, 5) is 9.96. The molecule has 0 aliphatic heterocycles. The van der Waals surface area contributed by atoms with Gasteiger partial charge >= 0.3 is 12.1 Å². The smallest absolute Gasteiger partial charge is 0.364 e. The molecule has 0 aliphatic carbocycles.